The van der Waals surface area contributed by atoms with Crippen LogP contribution >= 0.6 is 28.3 Å². The Morgan fingerprint density at radius 3 is 2.67 bits per heavy atom. The van der Waals surface area contributed by atoms with E-state index >= 15 is 0 Å². The number of nitrogens with zero attached hydrogens (tertiary/aromatic N) is 1. The van der Waals surface area contributed by atoms with Gasteiger partial charge >= 0.3 is 0 Å². The average molecular weight is 424 g/mol. The first-order valence-electron chi connectivity index (χ1n) is 7.69. The number of carbonyl (C=O) groups is 1. The van der Waals surface area contributed by atoms with Gasteiger partial charge < -0.3 is 19.9 Å². The molecule has 1 heterocycles. The van der Waals surface area contributed by atoms with Crippen LogP contribution < -0.4 is 14.8 Å². The largest absolute Gasteiger partial charge is 0.504 e. The van der Waals surface area contributed by atoms with Crippen LogP contribution in [0.1, 0.15) is 30.1 Å². The van der Waals surface area contributed by atoms with Crippen LogP contribution in [0.2, 0.25) is 0 Å². The van der Waals surface area contributed by atoms with Gasteiger partial charge in [0.2, 0.25) is 0 Å². The van der Waals surface area contributed by atoms with Crippen LogP contribution in [-0.2, 0) is 0 Å². The molecule has 1 aliphatic heterocycles. The maximum absolute atomic E-state index is 12.6. The van der Waals surface area contributed by atoms with E-state index < -0.39 is 0 Å². The summed E-state index contributed by atoms with van der Waals surface area (Å²) in [6.45, 7) is 4.73. The minimum atomic E-state index is -0.321. The highest BCUT2D eigenvalue weighted by atomic mass is 79.9. The van der Waals surface area contributed by atoms with E-state index in [0.717, 1.165) is 25.9 Å². The van der Waals surface area contributed by atoms with E-state index in [1.165, 1.54) is 20.3 Å². The van der Waals surface area contributed by atoms with E-state index in [1.807, 2.05) is 0 Å². The first kappa shape index (κ1) is 20.9. The lowest BCUT2D eigenvalue weighted by Crippen LogP contribution is -2.40. The Bertz CT molecular complexity index is 557. The van der Waals surface area contributed by atoms with Crippen molar-refractivity contribution in [2.45, 2.75) is 25.8 Å². The Hall–Kier alpha value is -1.18. The van der Waals surface area contributed by atoms with Crippen molar-refractivity contribution in [3.8, 4) is 17.2 Å². The van der Waals surface area contributed by atoms with Gasteiger partial charge in [-0.15, -0.1) is 12.4 Å². The topological polar surface area (TPSA) is 71.0 Å². The summed E-state index contributed by atoms with van der Waals surface area (Å²) in [6.07, 6.45) is 2.23. The second kappa shape index (κ2) is 9.34. The summed E-state index contributed by atoms with van der Waals surface area (Å²) < 4.78 is 11.0. The molecule has 8 heteroatoms. The molecule has 0 aromatic heterocycles. The first-order chi connectivity index (χ1) is 11.0. The van der Waals surface area contributed by atoms with Gasteiger partial charge in [0, 0.05) is 18.7 Å². The lowest BCUT2D eigenvalue weighted by molar-refractivity contribution is 0.0934. The minimum absolute atomic E-state index is 0. The van der Waals surface area contributed by atoms with Gasteiger partial charge in [0.15, 0.2) is 11.5 Å². The average Bonchev–Trinajstić information content (AvgIpc) is 2.99. The van der Waals surface area contributed by atoms with Crippen LogP contribution in [0.15, 0.2) is 10.5 Å². The molecule has 6 nitrogen and oxygen atoms in total. The molecule has 1 aromatic carbocycles. The molecule has 1 aliphatic rings. The molecule has 0 bridgehead atoms. The summed E-state index contributed by atoms with van der Waals surface area (Å²) in [5.41, 5.74) is 0.197. The van der Waals surface area contributed by atoms with Crippen molar-refractivity contribution in [3.63, 3.8) is 0 Å². The number of phenols is 1. The minimum Gasteiger partial charge on any atom is -0.504 e. The summed E-state index contributed by atoms with van der Waals surface area (Å²) >= 11 is 3.30. The van der Waals surface area contributed by atoms with E-state index in [9.17, 15) is 9.90 Å². The molecule has 2 N–H and O–H groups in total. The molecule has 24 heavy (non-hydrogen) atoms. The maximum Gasteiger partial charge on any atom is 0.259 e. The van der Waals surface area contributed by atoms with Crippen LogP contribution in [-0.4, -0.2) is 55.8 Å². The zero-order valence-corrected chi connectivity index (χ0v) is 16.5. The Morgan fingerprint density at radius 2 is 2.08 bits per heavy atom. The van der Waals surface area contributed by atoms with Gasteiger partial charge in [-0.05, 0) is 41.9 Å². The predicted octanol–water partition coefficient (Wildman–Crippen LogP) is 2.81. The molecule has 0 spiro atoms. The second-order valence-corrected chi connectivity index (χ2v) is 6.31. The fourth-order valence-corrected chi connectivity index (χ4v) is 3.63. The van der Waals surface area contributed by atoms with Crippen LogP contribution in [0, 0.1) is 0 Å². The first-order valence-corrected chi connectivity index (χ1v) is 8.48. The van der Waals surface area contributed by atoms with Crippen LogP contribution in [0.25, 0.3) is 0 Å². The fraction of sp³-hybridized carbons (Fsp3) is 0.562. The molecule has 0 radical (unpaired) electrons. The number of phenolic OH excluding ortho intramolecular Hbond substituents is 1. The molecular formula is C16H24BrClN2O4. The summed E-state index contributed by atoms with van der Waals surface area (Å²) in [5.74, 6) is 0.0249. The lowest BCUT2D eigenvalue weighted by atomic mass is 10.1. The van der Waals surface area contributed by atoms with Crippen molar-refractivity contribution >= 4 is 34.2 Å². The number of benzene rings is 1. The summed E-state index contributed by atoms with van der Waals surface area (Å²) in [7, 11) is 2.89. The summed E-state index contributed by atoms with van der Waals surface area (Å²) in [5, 5.41) is 12.9. The highest BCUT2D eigenvalue weighted by Crippen LogP contribution is 2.42. The molecule has 1 atom stereocenters. The fourth-order valence-electron chi connectivity index (χ4n) is 3.06. The molecule has 0 saturated carbocycles. The predicted molar refractivity (Wildman–Crippen MR) is 98.8 cm³/mol. The molecule has 2 rings (SSSR count). The number of amides is 1. The quantitative estimate of drug-likeness (QED) is 0.736. The molecular weight excluding hydrogens is 400 g/mol. The second-order valence-electron chi connectivity index (χ2n) is 5.45. The van der Waals surface area contributed by atoms with Gasteiger partial charge in [0.1, 0.15) is 11.3 Å². The van der Waals surface area contributed by atoms with Crippen molar-refractivity contribution < 1.29 is 19.4 Å². The Kier molecular flexibility index (Phi) is 8.12. The van der Waals surface area contributed by atoms with E-state index in [2.05, 4.69) is 33.1 Å². The number of nitrogens with one attached hydrogen (secondary N) is 1. The Morgan fingerprint density at radius 1 is 1.42 bits per heavy atom. The van der Waals surface area contributed by atoms with Gasteiger partial charge in [-0.2, -0.15) is 0 Å². The summed E-state index contributed by atoms with van der Waals surface area (Å²) in [6, 6.07) is 1.80. The van der Waals surface area contributed by atoms with E-state index in [1.54, 1.807) is 0 Å². The molecule has 1 fully saturated rings. The maximum atomic E-state index is 12.6. The number of carbonyl (C=O) groups excluding carboxylic acids is 1. The van der Waals surface area contributed by atoms with E-state index in [0.29, 0.717) is 22.8 Å². The van der Waals surface area contributed by atoms with Gasteiger partial charge in [0.05, 0.1) is 18.7 Å². The monoisotopic (exact) mass is 422 g/mol. The molecule has 1 amide bonds. The Labute approximate surface area is 157 Å². The van der Waals surface area contributed by atoms with Crippen molar-refractivity contribution in [2.75, 3.05) is 33.9 Å². The standard InChI is InChI=1S/C16H23BrN2O4.ClH/c1-4-19-7-5-6-10(19)9-18-16(21)13-14(22-2)11(17)8-12(20)15(13)23-3;/h8,10,20H,4-7,9H2,1-3H3,(H,18,21);1H. The zero-order valence-electron chi connectivity index (χ0n) is 14.1. The molecule has 1 saturated heterocycles. The van der Waals surface area contributed by atoms with Crippen molar-refractivity contribution in [1.82, 2.24) is 10.2 Å². The number of likely N-dealkylation sites (N-methyl/N-ethyl adjacent to an activating group) is 1. The number of hydrogen-bond donors (Lipinski definition) is 2. The Balaban J connectivity index is 0.00000288. The van der Waals surface area contributed by atoms with Gasteiger partial charge in [0.25, 0.3) is 5.91 Å². The van der Waals surface area contributed by atoms with Crippen LogP contribution in [0.4, 0.5) is 0 Å². The lowest BCUT2D eigenvalue weighted by Gasteiger charge is -2.23. The molecule has 1 aromatic rings. The van der Waals surface area contributed by atoms with Gasteiger partial charge in [-0.25, -0.2) is 0 Å². The normalized spacial score (nSPS) is 17.2. The molecule has 136 valence electrons. The third kappa shape index (κ3) is 4.26. The highest BCUT2D eigenvalue weighted by Gasteiger charge is 2.27. The van der Waals surface area contributed by atoms with Crippen molar-refractivity contribution in [3.05, 3.63) is 16.1 Å². The van der Waals surface area contributed by atoms with E-state index in [-0.39, 0.29) is 35.4 Å². The number of likely N-dealkylation sites (tertiary alicyclic amines) is 1. The molecule has 1 unspecified atom stereocenters. The number of methoxy groups -OCH3 is 2. The highest BCUT2D eigenvalue weighted by molar-refractivity contribution is 9.10. The third-order valence-electron chi connectivity index (χ3n) is 4.21. The van der Waals surface area contributed by atoms with Crippen LogP contribution in [0.5, 0.6) is 17.2 Å². The number of rotatable bonds is 6. The smallest absolute Gasteiger partial charge is 0.259 e. The zero-order chi connectivity index (χ0) is 17.0. The number of halogens is 2. The van der Waals surface area contributed by atoms with E-state index in [4.69, 9.17) is 9.47 Å². The summed E-state index contributed by atoms with van der Waals surface area (Å²) in [4.78, 5) is 15.0. The number of hydrogen-bond acceptors (Lipinski definition) is 5. The molecule has 0 aliphatic carbocycles. The SMILES string of the molecule is CCN1CCCC1CNC(=O)c1c(OC)c(O)cc(Br)c1OC.Cl. The third-order valence-corrected chi connectivity index (χ3v) is 4.79. The number of aromatic hydroxyl groups is 1. The van der Waals surface area contributed by atoms with Crippen LogP contribution in [0.3, 0.4) is 0 Å². The van der Waals surface area contributed by atoms with Gasteiger partial charge in [-0.3, -0.25) is 9.69 Å². The van der Waals surface area contributed by atoms with Crippen molar-refractivity contribution in [1.29, 1.82) is 0 Å². The number of ether oxygens (including phenoxy) is 2. The van der Waals surface area contributed by atoms with Crippen molar-refractivity contribution in [2.24, 2.45) is 0 Å². The van der Waals surface area contributed by atoms with Gasteiger partial charge in [-0.1, -0.05) is 6.92 Å².